The second-order valence-corrected chi connectivity index (χ2v) is 11.7. The summed E-state index contributed by atoms with van der Waals surface area (Å²) in [5, 5.41) is 42.3. The highest BCUT2D eigenvalue weighted by Gasteiger charge is 2.47. The van der Waals surface area contributed by atoms with Gasteiger partial charge in [0.2, 0.25) is 0 Å². The van der Waals surface area contributed by atoms with Crippen LogP contribution >= 0.6 is 7.60 Å². The number of hydrogen-bond donors (Lipinski definition) is 6. The van der Waals surface area contributed by atoms with Crippen LogP contribution in [-0.2, 0) is 23.1 Å². The maximum atomic E-state index is 13.0. The lowest BCUT2D eigenvalue weighted by atomic mass is 10.1. The van der Waals surface area contributed by atoms with Crippen molar-refractivity contribution in [2.24, 2.45) is 0 Å². The molecule has 2 saturated heterocycles. The average Bonchev–Trinajstić information content (AvgIpc) is 3.70. The van der Waals surface area contributed by atoms with Crippen LogP contribution in [0.1, 0.15) is 12.5 Å². The summed E-state index contributed by atoms with van der Waals surface area (Å²) in [6.45, 7) is 0.366. The molecule has 4 aromatic heterocycles. The van der Waals surface area contributed by atoms with Crippen LogP contribution in [0.3, 0.4) is 0 Å². The Bertz CT molecular complexity index is 1510. The SMILES string of the molecule is CP(=O)(OC[C@H]1OC(n2cnc3c(N)ncnc32)[C@@H](O)[C@@H]1O)OC[C@H]1OC(n2cnc3c(N)ncnc32)[C@@H](O)[C@@H]1O. The summed E-state index contributed by atoms with van der Waals surface area (Å²) in [4.78, 5) is 24.2. The van der Waals surface area contributed by atoms with E-state index in [2.05, 4.69) is 29.9 Å². The summed E-state index contributed by atoms with van der Waals surface area (Å²) in [6.07, 6.45) is -4.81. The standard InChI is InChI=1S/C21H27N10O9P/c1-41(36,37-2-8-12(32)14(34)20(39-8)30-6-28-10-16(22)24-4-26-18(10)30)38-3-9-13(33)15(35)21(40-9)31-7-29-11-17(23)25-5-27-19(11)31/h4-9,12-15,20-21,32-35H,2-3H2,1H3,(H2,22,24,26)(H2,23,25,27)/t8-,9-,12-,13-,14+,15+,20?,21?,41?/m1/s1. The molecule has 2 unspecified atom stereocenters. The minimum atomic E-state index is -3.80. The molecule has 0 amide bonds. The molecule has 2 fully saturated rings. The fraction of sp³-hybridized carbons (Fsp3) is 0.524. The van der Waals surface area contributed by atoms with Gasteiger partial charge in [-0.05, 0) is 0 Å². The Kier molecular flexibility index (Phi) is 7.09. The lowest BCUT2D eigenvalue weighted by Crippen LogP contribution is -2.34. The molecule has 19 nitrogen and oxygen atoms in total. The topological polar surface area (TPSA) is 274 Å². The maximum absolute atomic E-state index is 13.0. The zero-order chi connectivity index (χ0) is 29.1. The number of anilines is 2. The predicted octanol–water partition coefficient (Wildman–Crippen LogP) is -2.07. The van der Waals surface area contributed by atoms with Gasteiger partial charge in [-0.2, -0.15) is 0 Å². The molecule has 8 N–H and O–H groups in total. The van der Waals surface area contributed by atoms with Gasteiger partial charge in [0.1, 0.15) is 60.3 Å². The second-order valence-electron chi connectivity index (χ2n) is 9.62. The minimum absolute atomic E-state index is 0.137. The Labute approximate surface area is 230 Å². The van der Waals surface area contributed by atoms with Crippen molar-refractivity contribution in [3.63, 3.8) is 0 Å². The van der Waals surface area contributed by atoms with Gasteiger partial charge in [0.25, 0.3) is 0 Å². The number of nitrogens with two attached hydrogens (primary N) is 2. The van der Waals surface area contributed by atoms with Gasteiger partial charge in [-0.15, -0.1) is 0 Å². The molecular formula is C21H27N10O9P. The number of aliphatic hydroxyl groups is 4. The third kappa shape index (κ3) is 4.90. The summed E-state index contributed by atoms with van der Waals surface area (Å²) in [5.74, 6) is 0.274. The molecule has 41 heavy (non-hydrogen) atoms. The highest BCUT2D eigenvalue weighted by Crippen LogP contribution is 2.46. The molecule has 2 aliphatic rings. The Morgan fingerprint density at radius 3 is 1.59 bits per heavy atom. The van der Waals surface area contributed by atoms with Gasteiger partial charge in [0, 0.05) is 6.66 Å². The molecule has 220 valence electrons. The Morgan fingerprint density at radius 1 is 0.756 bits per heavy atom. The van der Waals surface area contributed by atoms with Crippen molar-refractivity contribution in [2.45, 2.75) is 49.1 Å². The zero-order valence-electron chi connectivity index (χ0n) is 21.4. The fourth-order valence-corrected chi connectivity index (χ4v) is 5.67. The molecule has 0 aliphatic carbocycles. The van der Waals surface area contributed by atoms with Gasteiger partial charge in [0.05, 0.1) is 25.9 Å². The van der Waals surface area contributed by atoms with Crippen LogP contribution in [0.25, 0.3) is 22.3 Å². The van der Waals surface area contributed by atoms with E-state index >= 15 is 0 Å². The lowest BCUT2D eigenvalue weighted by Gasteiger charge is -2.21. The molecule has 0 bridgehead atoms. The first-order valence-corrected chi connectivity index (χ1v) is 14.3. The van der Waals surface area contributed by atoms with Gasteiger partial charge in [-0.3, -0.25) is 13.7 Å². The van der Waals surface area contributed by atoms with E-state index in [1.165, 1.54) is 41.1 Å². The monoisotopic (exact) mass is 594 g/mol. The second kappa shape index (κ2) is 10.5. The first-order valence-electron chi connectivity index (χ1n) is 12.3. The van der Waals surface area contributed by atoms with E-state index in [0.717, 1.165) is 0 Å². The fourth-order valence-electron chi connectivity index (χ4n) is 4.76. The van der Waals surface area contributed by atoms with Crippen LogP contribution in [0.2, 0.25) is 0 Å². The Balaban J connectivity index is 1.07. The number of ether oxygens (including phenoxy) is 2. The number of imidazole rings is 2. The van der Waals surface area contributed by atoms with Crippen LogP contribution in [0, 0.1) is 0 Å². The van der Waals surface area contributed by atoms with E-state index in [1.54, 1.807) is 0 Å². The van der Waals surface area contributed by atoms with Gasteiger partial charge >= 0.3 is 7.60 Å². The molecule has 0 radical (unpaired) electrons. The van der Waals surface area contributed by atoms with Gasteiger partial charge in [-0.1, -0.05) is 0 Å². The van der Waals surface area contributed by atoms with Gasteiger partial charge < -0.3 is 50.4 Å². The average molecular weight is 594 g/mol. The normalized spacial score (nSPS) is 31.7. The van der Waals surface area contributed by atoms with Crippen LogP contribution in [0.5, 0.6) is 0 Å². The summed E-state index contributed by atoms with van der Waals surface area (Å²) in [5.41, 5.74) is 12.8. The van der Waals surface area contributed by atoms with E-state index < -0.39 is 69.9 Å². The largest absolute Gasteiger partial charge is 0.387 e. The zero-order valence-corrected chi connectivity index (χ0v) is 22.2. The van der Waals surface area contributed by atoms with Crippen LogP contribution in [0.4, 0.5) is 11.6 Å². The molecule has 0 saturated carbocycles. The lowest BCUT2D eigenvalue weighted by molar-refractivity contribution is -0.0563. The molecule has 0 aromatic carbocycles. The number of nitrogen functional groups attached to an aromatic ring is 2. The van der Waals surface area contributed by atoms with Crippen molar-refractivity contribution in [2.75, 3.05) is 31.3 Å². The van der Waals surface area contributed by atoms with Crippen LogP contribution in [-0.4, -0.2) is 116 Å². The molecule has 8 atom stereocenters. The van der Waals surface area contributed by atoms with Crippen molar-refractivity contribution in [3.05, 3.63) is 25.3 Å². The highest BCUT2D eigenvalue weighted by atomic mass is 31.2. The van der Waals surface area contributed by atoms with E-state index in [4.69, 9.17) is 30.0 Å². The quantitative estimate of drug-likeness (QED) is 0.119. The van der Waals surface area contributed by atoms with Crippen molar-refractivity contribution in [1.29, 1.82) is 0 Å². The van der Waals surface area contributed by atoms with Crippen molar-refractivity contribution >= 4 is 41.6 Å². The number of nitrogens with zero attached hydrogens (tertiary/aromatic N) is 8. The first-order chi connectivity index (χ1) is 19.6. The smallest absolute Gasteiger partial charge is 0.327 e. The number of aliphatic hydroxyl groups excluding tert-OH is 4. The summed E-state index contributed by atoms with van der Waals surface area (Å²) in [6, 6.07) is 0. The minimum Gasteiger partial charge on any atom is -0.387 e. The third-order valence-corrected chi connectivity index (χ3v) is 8.18. The summed E-state index contributed by atoms with van der Waals surface area (Å²) < 4.78 is 38.2. The van der Waals surface area contributed by atoms with E-state index in [9.17, 15) is 25.0 Å². The third-order valence-electron chi connectivity index (χ3n) is 6.94. The van der Waals surface area contributed by atoms with E-state index in [0.29, 0.717) is 11.0 Å². The maximum Gasteiger partial charge on any atom is 0.327 e. The molecule has 0 spiro atoms. The van der Waals surface area contributed by atoms with E-state index in [1.807, 2.05) is 0 Å². The van der Waals surface area contributed by atoms with Crippen molar-refractivity contribution < 1.29 is 43.5 Å². The van der Waals surface area contributed by atoms with Crippen LogP contribution in [0.15, 0.2) is 25.3 Å². The van der Waals surface area contributed by atoms with Gasteiger partial charge in [-0.25, -0.2) is 29.9 Å². The van der Waals surface area contributed by atoms with Crippen molar-refractivity contribution in [1.82, 2.24) is 39.0 Å². The van der Waals surface area contributed by atoms with Crippen LogP contribution < -0.4 is 11.5 Å². The molecule has 4 aromatic rings. The first kappa shape index (κ1) is 27.8. The Hall–Kier alpha value is -3.39. The molecular weight excluding hydrogens is 567 g/mol. The Morgan fingerprint density at radius 2 is 1.17 bits per heavy atom. The number of rotatable bonds is 8. The summed E-state index contributed by atoms with van der Waals surface area (Å²) >= 11 is 0. The number of hydrogen-bond acceptors (Lipinski definition) is 17. The summed E-state index contributed by atoms with van der Waals surface area (Å²) in [7, 11) is -3.80. The highest BCUT2D eigenvalue weighted by molar-refractivity contribution is 7.52. The van der Waals surface area contributed by atoms with Gasteiger partial charge in [0.15, 0.2) is 35.4 Å². The number of aromatic nitrogens is 8. The molecule has 20 heteroatoms. The predicted molar refractivity (Wildman–Crippen MR) is 137 cm³/mol. The van der Waals surface area contributed by atoms with Crippen molar-refractivity contribution in [3.8, 4) is 0 Å². The molecule has 6 heterocycles. The molecule has 6 rings (SSSR count). The number of fused-ring (bicyclic) bond motifs is 2. The molecule has 2 aliphatic heterocycles. The van der Waals surface area contributed by atoms with E-state index in [-0.39, 0.29) is 22.9 Å².